The maximum absolute atomic E-state index is 12.6. The third kappa shape index (κ3) is 4.91. The number of hydrogen-bond donors (Lipinski definition) is 0. The highest BCUT2D eigenvalue weighted by Crippen LogP contribution is 2.45. The van der Waals surface area contributed by atoms with Crippen LogP contribution in [-0.4, -0.2) is 59.3 Å². The summed E-state index contributed by atoms with van der Waals surface area (Å²) in [4.78, 5) is 21.8. The number of fused-ring (bicyclic) bond motifs is 1. The van der Waals surface area contributed by atoms with Crippen molar-refractivity contribution < 1.29 is 4.79 Å². The van der Waals surface area contributed by atoms with E-state index in [-0.39, 0.29) is 5.91 Å². The maximum atomic E-state index is 12.6. The predicted octanol–water partition coefficient (Wildman–Crippen LogP) is 5.59. The topological polar surface area (TPSA) is 30.0 Å². The van der Waals surface area contributed by atoms with E-state index < -0.39 is 0 Å². The lowest BCUT2D eigenvalue weighted by Gasteiger charge is -2.27. The number of thiocarbonyl (C=S) groups is 1. The Morgan fingerprint density at radius 2 is 1.55 bits per heavy atom. The maximum Gasteiger partial charge on any atom is 0.266 e. The Bertz CT molecular complexity index is 930. The Morgan fingerprint density at radius 1 is 0.968 bits per heavy atom. The van der Waals surface area contributed by atoms with E-state index in [0.717, 1.165) is 49.9 Å². The number of thioether (sulfide) groups is 1. The van der Waals surface area contributed by atoms with Crippen LogP contribution in [0.1, 0.15) is 27.7 Å². The normalized spacial score (nSPS) is 19.0. The Labute approximate surface area is 204 Å². The lowest BCUT2D eigenvalue weighted by Crippen LogP contribution is -2.36. The number of anilines is 2. The molecular weight excluding hydrogens is 471 g/mol. The number of amides is 1. The molecule has 0 N–H and O–H groups in total. The largest absolute Gasteiger partial charge is 0.326 e. The third-order valence-electron chi connectivity index (χ3n) is 5.58. The standard InChI is InChI=1S/C22H28Cl2N4OS2/c1-5-25(6-2)11-12-28-18-14-16(24)15(23)13-17(18)26(7-3)20(28)10-9-19-21(29)27(8-4)22(30)31-19/h9-10,13-14H,5-8,11-12H2,1-4H3. The third-order valence-corrected chi connectivity index (χ3v) is 7.69. The molecule has 0 saturated carbocycles. The predicted molar refractivity (Wildman–Crippen MR) is 138 cm³/mol. The number of carbonyl (C=O) groups excluding carboxylic acids is 1. The van der Waals surface area contributed by atoms with Crippen LogP contribution in [0, 0.1) is 0 Å². The van der Waals surface area contributed by atoms with Crippen molar-refractivity contribution in [2.24, 2.45) is 0 Å². The van der Waals surface area contributed by atoms with Crippen LogP contribution < -0.4 is 9.80 Å². The van der Waals surface area contributed by atoms with E-state index in [4.69, 9.17) is 35.4 Å². The molecule has 3 rings (SSSR count). The van der Waals surface area contributed by atoms with Gasteiger partial charge in [-0.15, -0.1) is 0 Å². The number of nitrogens with zero attached hydrogens (tertiary/aromatic N) is 4. The minimum atomic E-state index is -0.0336. The number of halogens is 2. The van der Waals surface area contributed by atoms with Gasteiger partial charge in [-0.25, -0.2) is 0 Å². The van der Waals surface area contributed by atoms with Crippen LogP contribution in [0.3, 0.4) is 0 Å². The van der Waals surface area contributed by atoms with Gasteiger partial charge in [0.2, 0.25) is 0 Å². The highest BCUT2D eigenvalue weighted by molar-refractivity contribution is 8.26. The first kappa shape index (κ1) is 24.4. The summed E-state index contributed by atoms with van der Waals surface area (Å²) in [6.45, 7) is 13.4. The number of hydrogen-bond acceptors (Lipinski definition) is 6. The molecule has 0 bridgehead atoms. The molecule has 1 amide bonds. The molecule has 0 atom stereocenters. The van der Waals surface area contributed by atoms with Crippen LogP contribution >= 0.6 is 47.2 Å². The molecule has 2 heterocycles. The van der Waals surface area contributed by atoms with Crippen molar-refractivity contribution in [2.45, 2.75) is 27.7 Å². The molecule has 0 spiro atoms. The van der Waals surface area contributed by atoms with Crippen LogP contribution in [0.15, 0.2) is 35.0 Å². The van der Waals surface area contributed by atoms with Gasteiger partial charge in [0.25, 0.3) is 5.91 Å². The number of carbonyl (C=O) groups is 1. The molecule has 2 aliphatic heterocycles. The molecule has 0 aliphatic carbocycles. The van der Waals surface area contributed by atoms with Crippen molar-refractivity contribution >= 4 is 68.8 Å². The Morgan fingerprint density at radius 3 is 2.06 bits per heavy atom. The minimum absolute atomic E-state index is 0.0336. The van der Waals surface area contributed by atoms with Crippen LogP contribution in [0.2, 0.25) is 10.0 Å². The van der Waals surface area contributed by atoms with E-state index >= 15 is 0 Å². The summed E-state index contributed by atoms with van der Waals surface area (Å²) in [7, 11) is 0. The minimum Gasteiger partial charge on any atom is -0.326 e. The van der Waals surface area contributed by atoms with Crippen molar-refractivity contribution in [1.82, 2.24) is 9.80 Å². The van der Waals surface area contributed by atoms with E-state index in [2.05, 4.69) is 35.5 Å². The molecular formula is C22H28Cl2N4OS2. The van der Waals surface area contributed by atoms with Gasteiger partial charge in [0.15, 0.2) is 0 Å². The van der Waals surface area contributed by atoms with Crippen molar-refractivity contribution in [3.63, 3.8) is 0 Å². The summed E-state index contributed by atoms with van der Waals surface area (Å²) >= 11 is 19.4. The average molecular weight is 500 g/mol. The second-order valence-electron chi connectivity index (χ2n) is 7.15. The SMILES string of the molecule is CCN(CC)CCN1C(=CC=C2SC(=S)N(CC)C2=O)N(CC)c2cc(Cl)c(Cl)cc21. The zero-order valence-electron chi connectivity index (χ0n) is 18.3. The summed E-state index contributed by atoms with van der Waals surface area (Å²) in [5, 5.41) is 1.07. The van der Waals surface area contributed by atoms with Gasteiger partial charge in [-0.2, -0.15) is 0 Å². The molecule has 5 nitrogen and oxygen atoms in total. The molecule has 168 valence electrons. The first-order chi connectivity index (χ1) is 14.9. The van der Waals surface area contributed by atoms with Gasteiger partial charge < -0.3 is 14.7 Å². The van der Waals surface area contributed by atoms with Crippen LogP contribution in [0.4, 0.5) is 11.4 Å². The van der Waals surface area contributed by atoms with Gasteiger partial charge in [0.1, 0.15) is 10.1 Å². The molecule has 0 radical (unpaired) electrons. The van der Waals surface area contributed by atoms with E-state index in [1.807, 2.05) is 31.2 Å². The average Bonchev–Trinajstić information content (AvgIpc) is 3.19. The lowest BCUT2D eigenvalue weighted by atomic mass is 10.2. The zero-order valence-corrected chi connectivity index (χ0v) is 21.5. The first-order valence-electron chi connectivity index (χ1n) is 10.6. The second-order valence-corrected chi connectivity index (χ2v) is 9.64. The fraction of sp³-hybridized carbons (Fsp3) is 0.455. The molecule has 31 heavy (non-hydrogen) atoms. The fourth-order valence-corrected chi connectivity index (χ4v) is 5.46. The Balaban J connectivity index is 2.01. The van der Waals surface area contributed by atoms with Gasteiger partial charge in [-0.05, 0) is 51.2 Å². The number of likely N-dealkylation sites (N-methyl/N-ethyl adjacent to an activating group) is 2. The summed E-state index contributed by atoms with van der Waals surface area (Å²) in [6.07, 6.45) is 3.89. The molecule has 1 aromatic carbocycles. The van der Waals surface area contributed by atoms with E-state index in [1.54, 1.807) is 4.90 Å². The second kappa shape index (κ2) is 10.6. The summed E-state index contributed by atoms with van der Waals surface area (Å²) in [5.74, 6) is 0.971. The van der Waals surface area contributed by atoms with Gasteiger partial charge in [-0.1, -0.05) is 61.0 Å². The van der Waals surface area contributed by atoms with E-state index in [9.17, 15) is 4.79 Å². The van der Waals surface area contributed by atoms with Gasteiger partial charge >= 0.3 is 0 Å². The van der Waals surface area contributed by atoms with Gasteiger partial charge in [-0.3, -0.25) is 9.69 Å². The first-order valence-corrected chi connectivity index (χ1v) is 12.6. The van der Waals surface area contributed by atoms with Crippen LogP contribution in [0.25, 0.3) is 0 Å². The van der Waals surface area contributed by atoms with Crippen molar-refractivity contribution in [3.8, 4) is 0 Å². The molecule has 9 heteroatoms. The molecule has 1 saturated heterocycles. The summed E-state index contributed by atoms with van der Waals surface area (Å²) in [6, 6.07) is 3.85. The van der Waals surface area contributed by atoms with Crippen LogP contribution in [0.5, 0.6) is 0 Å². The van der Waals surface area contributed by atoms with Crippen molar-refractivity contribution in [1.29, 1.82) is 0 Å². The molecule has 0 aromatic heterocycles. The molecule has 2 aliphatic rings. The van der Waals surface area contributed by atoms with E-state index in [1.165, 1.54) is 11.8 Å². The van der Waals surface area contributed by atoms with Gasteiger partial charge in [0, 0.05) is 26.2 Å². The highest BCUT2D eigenvalue weighted by atomic mass is 35.5. The number of allylic oxidation sites excluding steroid dienone is 2. The lowest BCUT2D eigenvalue weighted by molar-refractivity contribution is -0.122. The summed E-state index contributed by atoms with van der Waals surface area (Å²) in [5.41, 5.74) is 2.06. The Hall–Kier alpha value is -1.25. The molecule has 0 unspecified atom stereocenters. The van der Waals surface area contributed by atoms with Crippen molar-refractivity contribution in [2.75, 3.05) is 49.1 Å². The molecule has 1 aromatic rings. The fourth-order valence-electron chi connectivity index (χ4n) is 3.82. The monoisotopic (exact) mass is 498 g/mol. The quantitative estimate of drug-likeness (QED) is 0.343. The van der Waals surface area contributed by atoms with Crippen molar-refractivity contribution in [3.05, 3.63) is 45.1 Å². The van der Waals surface area contributed by atoms with E-state index in [0.29, 0.717) is 25.8 Å². The Kier molecular flexibility index (Phi) is 8.32. The molecule has 1 fully saturated rings. The smallest absolute Gasteiger partial charge is 0.266 e. The number of rotatable bonds is 8. The zero-order chi connectivity index (χ0) is 22.7. The van der Waals surface area contributed by atoms with Gasteiger partial charge in [0.05, 0.1) is 26.3 Å². The summed E-state index contributed by atoms with van der Waals surface area (Å²) < 4.78 is 0.608. The highest BCUT2D eigenvalue weighted by Gasteiger charge is 2.33. The number of benzene rings is 1. The van der Waals surface area contributed by atoms with Crippen LogP contribution in [-0.2, 0) is 4.79 Å².